The van der Waals surface area contributed by atoms with Crippen LogP contribution in [0.3, 0.4) is 0 Å². The fraction of sp³-hybridized carbons (Fsp3) is 0.385. The summed E-state index contributed by atoms with van der Waals surface area (Å²) in [5, 5.41) is 0.372. The lowest BCUT2D eigenvalue weighted by Crippen LogP contribution is -2.40. The SMILES string of the molecule is CCCCOc1ccc([C@@H]2c3c(oc4ccccc4c3=O)C(=O)N2[C@@H]2CCS(=O)(=O)C2)cc1OC. The van der Waals surface area contributed by atoms with E-state index in [-0.39, 0.29) is 28.3 Å². The molecular weight excluding hydrogens is 470 g/mol. The summed E-state index contributed by atoms with van der Waals surface area (Å²) in [6.07, 6.45) is 2.19. The molecule has 0 aliphatic carbocycles. The maximum atomic E-state index is 13.6. The summed E-state index contributed by atoms with van der Waals surface area (Å²) in [7, 11) is -1.75. The first-order valence-electron chi connectivity index (χ1n) is 11.7. The molecule has 2 aliphatic heterocycles. The van der Waals surface area contributed by atoms with E-state index in [9.17, 15) is 18.0 Å². The van der Waals surface area contributed by atoms with Crippen LogP contribution in [0.15, 0.2) is 51.7 Å². The minimum atomic E-state index is -3.28. The molecule has 9 heteroatoms. The molecule has 0 unspecified atom stereocenters. The first-order valence-corrected chi connectivity index (χ1v) is 13.6. The summed E-state index contributed by atoms with van der Waals surface area (Å²) in [6.45, 7) is 2.61. The lowest BCUT2D eigenvalue weighted by Gasteiger charge is -2.30. The van der Waals surface area contributed by atoms with E-state index < -0.39 is 27.8 Å². The number of nitrogens with zero attached hydrogens (tertiary/aromatic N) is 1. The van der Waals surface area contributed by atoms with Gasteiger partial charge in [0.05, 0.1) is 42.2 Å². The number of unbranched alkanes of at least 4 members (excludes halogenated alkanes) is 1. The molecule has 3 heterocycles. The fourth-order valence-corrected chi connectivity index (χ4v) is 6.65. The van der Waals surface area contributed by atoms with Crippen molar-refractivity contribution in [1.29, 1.82) is 0 Å². The van der Waals surface area contributed by atoms with Crippen LogP contribution in [0.5, 0.6) is 11.5 Å². The molecule has 1 saturated heterocycles. The Kier molecular flexibility index (Phi) is 6.04. The highest BCUT2D eigenvalue weighted by Gasteiger charge is 2.48. The number of benzene rings is 2. The third-order valence-electron chi connectivity index (χ3n) is 6.67. The number of hydrogen-bond donors (Lipinski definition) is 0. The monoisotopic (exact) mass is 497 g/mol. The van der Waals surface area contributed by atoms with Gasteiger partial charge in [-0.2, -0.15) is 0 Å². The van der Waals surface area contributed by atoms with Gasteiger partial charge in [-0.1, -0.05) is 31.5 Å². The van der Waals surface area contributed by atoms with Crippen LogP contribution < -0.4 is 14.9 Å². The Bertz CT molecular complexity index is 1460. The summed E-state index contributed by atoms with van der Waals surface area (Å²) in [5.74, 6) is 0.383. The minimum absolute atomic E-state index is 0.00138. The Morgan fingerprint density at radius 3 is 2.63 bits per heavy atom. The van der Waals surface area contributed by atoms with Gasteiger partial charge < -0.3 is 18.8 Å². The van der Waals surface area contributed by atoms with Gasteiger partial charge in [0.2, 0.25) is 5.76 Å². The molecule has 0 bridgehead atoms. The Morgan fingerprint density at radius 2 is 1.91 bits per heavy atom. The molecule has 0 saturated carbocycles. The largest absolute Gasteiger partial charge is 0.493 e. The van der Waals surface area contributed by atoms with Gasteiger partial charge in [-0.25, -0.2) is 8.42 Å². The number of amides is 1. The van der Waals surface area contributed by atoms with E-state index in [1.165, 1.54) is 12.0 Å². The van der Waals surface area contributed by atoms with Crippen LogP contribution in [0.1, 0.15) is 53.9 Å². The van der Waals surface area contributed by atoms with Gasteiger partial charge >= 0.3 is 0 Å². The van der Waals surface area contributed by atoms with Crippen LogP contribution in [-0.2, 0) is 9.84 Å². The van der Waals surface area contributed by atoms with Gasteiger partial charge in [-0.15, -0.1) is 0 Å². The van der Waals surface area contributed by atoms with Crippen molar-refractivity contribution in [3.05, 3.63) is 69.6 Å². The van der Waals surface area contributed by atoms with E-state index in [1.54, 1.807) is 42.5 Å². The third kappa shape index (κ3) is 4.07. The second-order valence-corrected chi connectivity index (χ2v) is 11.2. The van der Waals surface area contributed by atoms with Crippen molar-refractivity contribution in [2.75, 3.05) is 25.2 Å². The van der Waals surface area contributed by atoms with Gasteiger partial charge in [-0.05, 0) is 42.7 Å². The zero-order valence-corrected chi connectivity index (χ0v) is 20.5. The lowest BCUT2D eigenvalue weighted by molar-refractivity contribution is 0.0662. The van der Waals surface area contributed by atoms with Crippen molar-refractivity contribution in [3.63, 3.8) is 0 Å². The number of sulfone groups is 1. The van der Waals surface area contributed by atoms with Crippen molar-refractivity contribution in [3.8, 4) is 11.5 Å². The van der Waals surface area contributed by atoms with Crippen LogP contribution in [-0.4, -0.2) is 50.5 Å². The summed E-state index contributed by atoms with van der Waals surface area (Å²) < 4.78 is 41.9. The Balaban J connectivity index is 1.67. The highest BCUT2D eigenvalue weighted by atomic mass is 32.2. The summed E-state index contributed by atoms with van der Waals surface area (Å²) in [4.78, 5) is 28.7. The van der Waals surface area contributed by atoms with E-state index in [0.29, 0.717) is 41.1 Å². The number of methoxy groups -OCH3 is 1. The van der Waals surface area contributed by atoms with Crippen molar-refractivity contribution >= 4 is 26.7 Å². The number of para-hydroxylation sites is 1. The first-order chi connectivity index (χ1) is 16.8. The van der Waals surface area contributed by atoms with Crippen molar-refractivity contribution in [2.24, 2.45) is 0 Å². The summed E-state index contributed by atoms with van der Waals surface area (Å²) in [5.41, 5.74) is 0.871. The lowest BCUT2D eigenvalue weighted by atomic mass is 9.97. The molecule has 1 fully saturated rings. The highest BCUT2D eigenvalue weighted by Crippen LogP contribution is 2.43. The Labute approximate surface area is 203 Å². The molecule has 0 radical (unpaired) electrons. The van der Waals surface area contributed by atoms with Crippen molar-refractivity contribution in [1.82, 2.24) is 4.90 Å². The second kappa shape index (κ2) is 9.03. The molecule has 184 valence electrons. The van der Waals surface area contributed by atoms with Crippen LogP contribution in [0.2, 0.25) is 0 Å². The number of carbonyl (C=O) groups is 1. The van der Waals surface area contributed by atoms with E-state index in [2.05, 4.69) is 6.92 Å². The smallest absolute Gasteiger partial charge is 0.291 e. The van der Waals surface area contributed by atoms with E-state index in [4.69, 9.17) is 13.9 Å². The molecule has 35 heavy (non-hydrogen) atoms. The highest BCUT2D eigenvalue weighted by molar-refractivity contribution is 7.91. The molecule has 8 nitrogen and oxygen atoms in total. The molecule has 2 aliphatic rings. The Morgan fingerprint density at radius 1 is 1.11 bits per heavy atom. The first kappa shape index (κ1) is 23.4. The average Bonchev–Trinajstić information content (AvgIpc) is 3.35. The van der Waals surface area contributed by atoms with Gasteiger partial charge in [0.15, 0.2) is 26.8 Å². The second-order valence-electron chi connectivity index (χ2n) is 8.95. The minimum Gasteiger partial charge on any atom is -0.493 e. The Hall–Kier alpha value is -3.33. The molecule has 2 atom stereocenters. The number of carbonyl (C=O) groups excluding carboxylic acids is 1. The van der Waals surface area contributed by atoms with E-state index in [0.717, 1.165) is 12.8 Å². The average molecular weight is 498 g/mol. The molecule has 0 N–H and O–H groups in total. The van der Waals surface area contributed by atoms with Crippen LogP contribution in [0.25, 0.3) is 11.0 Å². The van der Waals surface area contributed by atoms with Gasteiger partial charge in [0.25, 0.3) is 5.91 Å². The summed E-state index contributed by atoms with van der Waals surface area (Å²) >= 11 is 0. The number of hydrogen-bond acceptors (Lipinski definition) is 7. The quantitative estimate of drug-likeness (QED) is 0.459. The maximum absolute atomic E-state index is 13.6. The topological polar surface area (TPSA) is 103 Å². The fourth-order valence-electron chi connectivity index (χ4n) is 4.94. The number of ether oxygens (including phenoxy) is 2. The normalized spacial score (nSPS) is 20.9. The van der Waals surface area contributed by atoms with Crippen molar-refractivity contribution < 1.29 is 27.1 Å². The van der Waals surface area contributed by atoms with Gasteiger partial charge in [-0.3, -0.25) is 9.59 Å². The van der Waals surface area contributed by atoms with Gasteiger partial charge in [0.1, 0.15) is 5.58 Å². The molecular formula is C26H27NO7S. The molecule has 5 rings (SSSR count). The van der Waals surface area contributed by atoms with Crippen LogP contribution >= 0.6 is 0 Å². The predicted molar refractivity (Wildman–Crippen MR) is 131 cm³/mol. The maximum Gasteiger partial charge on any atom is 0.291 e. The molecule has 1 aromatic heterocycles. The summed E-state index contributed by atoms with van der Waals surface area (Å²) in [6, 6.07) is 10.7. The van der Waals surface area contributed by atoms with Gasteiger partial charge in [0, 0.05) is 6.04 Å². The number of rotatable bonds is 7. The van der Waals surface area contributed by atoms with E-state index >= 15 is 0 Å². The molecule has 3 aromatic rings. The van der Waals surface area contributed by atoms with Crippen LogP contribution in [0, 0.1) is 0 Å². The molecule has 0 spiro atoms. The molecule has 2 aromatic carbocycles. The zero-order valence-electron chi connectivity index (χ0n) is 19.7. The standard InChI is InChI=1S/C26H27NO7S/c1-3-4-12-33-20-10-9-16(14-21(20)32-2)23-22-24(28)18-7-5-6-8-19(18)34-25(22)26(29)27(23)17-11-13-35(30,31)15-17/h5-10,14,17,23H,3-4,11-13,15H2,1-2H3/t17-,23-/m1/s1. The van der Waals surface area contributed by atoms with Crippen LogP contribution in [0.4, 0.5) is 0 Å². The number of fused-ring (bicyclic) bond motifs is 2. The van der Waals surface area contributed by atoms with E-state index in [1.807, 2.05) is 0 Å². The predicted octanol–water partition coefficient (Wildman–Crippen LogP) is 3.71. The third-order valence-corrected chi connectivity index (χ3v) is 8.42. The van der Waals surface area contributed by atoms with Crippen molar-refractivity contribution in [2.45, 2.75) is 38.3 Å². The zero-order chi connectivity index (χ0) is 24.7. The molecule has 1 amide bonds.